The molecule has 10 heteroatoms. The molecule has 34 heavy (non-hydrogen) atoms. The zero-order valence-corrected chi connectivity index (χ0v) is 18.0. The van der Waals surface area contributed by atoms with Crippen LogP contribution in [-0.4, -0.2) is 46.9 Å². The zero-order valence-electron chi connectivity index (χ0n) is 18.0. The molecule has 0 aliphatic heterocycles. The molecule has 0 atom stereocenters. The Kier molecular flexibility index (Phi) is 4.83. The van der Waals surface area contributed by atoms with Crippen LogP contribution in [0.3, 0.4) is 0 Å². The molecule has 0 saturated heterocycles. The van der Waals surface area contributed by atoms with Gasteiger partial charge in [-0.15, -0.1) is 15.3 Å². The molecule has 4 heterocycles. The molecular formula is C24H19FN8O. The summed E-state index contributed by atoms with van der Waals surface area (Å²) in [7, 11) is 0. The summed E-state index contributed by atoms with van der Waals surface area (Å²) in [4.78, 5) is 16.4. The number of carbonyl (C=O) groups excluding carboxylic acids is 1. The van der Waals surface area contributed by atoms with Crippen LogP contribution in [-0.2, 0) is 4.79 Å². The van der Waals surface area contributed by atoms with E-state index in [0.29, 0.717) is 23.0 Å². The predicted molar refractivity (Wildman–Crippen MR) is 123 cm³/mol. The van der Waals surface area contributed by atoms with Gasteiger partial charge in [0.2, 0.25) is 0 Å². The van der Waals surface area contributed by atoms with Crippen LogP contribution in [0.2, 0.25) is 0 Å². The van der Waals surface area contributed by atoms with Gasteiger partial charge in [0.1, 0.15) is 23.7 Å². The fourth-order valence-electron chi connectivity index (χ4n) is 3.79. The molecule has 1 aromatic carbocycles. The van der Waals surface area contributed by atoms with Crippen LogP contribution in [0.4, 0.5) is 10.2 Å². The fraction of sp³-hybridized carbons (Fsp3) is 0.167. The van der Waals surface area contributed by atoms with Gasteiger partial charge in [0, 0.05) is 29.4 Å². The largest absolute Gasteiger partial charge is 0.363 e. The Labute approximate surface area is 193 Å². The smallest absolute Gasteiger partial charge is 0.177 e. The van der Waals surface area contributed by atoms with Crippen molar-refractivity contribution in [2.75, 3.05) is 11.9 Å². The molecule has 9 nitrogen and oxygen atoms in total. The van der Waals surface area contributed by atoms with Gasteiger partial charge in [-0.3, -0.25) is 4.79 Å². The molecule has 1 aliphatic rings. The SMILES string of the molecule is O=C(CNc1cc(-c2cn(-c3ccc4nncn4n3)nc2-c2ccc(F)cc2)ccn1)C1CC1. The molecule has 1 aliphatic carbocycles. The van der Waals surface area contributed by atoms with Crippen LogP contribution in [0, 0.1) is 11.7 Å². The lowest BCUT2D eigenvalue weighted by Gasteiger charge is -2.07. The van der Waals surface area contributed by atoms with Gasteiger partial charge in [0.05, 0.1) is 6.54 Å². The molecule has 0 bridgehead atoms. The number of carbonyl (C=O) groups is 1. The Bertz CT molecular complexity index is 1500. The number of aromatic nitrogens is 7. The first-order valence-electron chi connectivity index (χ1n) is 10.9. The summed E-state index contributed by atoms with van der Waals surface area (Å²) < 4.78 is 16.8. The first-order chi connectivity index (χ1) is 16.6. The summed E-state index contributed by atoms with van der Waals surface area (Å²) in [5.74, 6) is 1.26. The second-order valence-corrected chi connectivity index (χ2v) is 8.19. The molecular weight excluding hydrogens is 435 g/mol. The number of anilines is 1. The highest BCUT2D eigenvalue weighted by Gasteiger charge is 2.28. The number of hydrogen-bond donors (Lipinski definition) is 1. The van der Waals surface area contributed by atoms with Crippen LogP contribution in [0.25, 0.3) is 33.8 Å². The van der Waals surface area contributed by atoms with Crippen molar-refractivity contribution >= 4 is 17.2 Å². The summed E-state index contributed by atoms with van der Waals surface area (Å²) in [5, 5.41) is 20.3. The Hall–Kier alpha value is -4.47. The number of nitrogens with one attached hydrogen (secondary N) is 1. The topological polar surface area (TPSA) is 103 Å². The quantitative estimate of drug-likeness (QED) is 0.401. The molecule has 168 valence electrons. The van der Waals surface area contributed by atoms with Crippen LogP contribution in [0.1, 0.15) is 12.8 Å². The first kappa shape index (κ1) is 20.2. The Morgan fingerprint density at radius 3 is 2.74 bits per heavy atom. The summed E-state index contributed by atoms with van der Waals surface area (Å²) in [6.07, 6.45) is 7.03. The van der Waals surface area contributed by atoms with E-state index < -0.39 is 0 Å². The number of pyridine rings is 1. The minimum absolute atomic E-state index is 0.189. The van der Waals surface area contributed by atoms with Gasteiger partial charge >= 0.3 is 0 Å². The monoisotopic (exact) mass is 454 g/mol. The number of fused-ring (bicyclic) bond motifs is 1. The van der Waals surface area contributed by atoms with E-state index in [1.54, 1.807) is 39.7 Å². The van der Waals surface area contributed by atoms with Gasteiger partial charge in [0.15, 0.2) is 17.2 Å². The second kappa shape index (κ2) is 8.14. The molecule has 5 aromatic rings. The van der Waals surface area contributed by atoms with E-state index in [-0.39, 0.29) is 24.1 Å². The van der Waals surface area contributed by atoms with E-state index in [1.807, 2.05) is 18.3 Å². The van der Waals surface area contributed by atoms with Crippen LogP contribution in [0.15, 0.2) is 67.3 Å². The second-order valence-electron chi connectivity index (χ2n) is 8.19. The van der Waals surface area contributed by atoms with Crippen LogP contribution >= 0.6 is 0 Å². The minimum Gasteiger partial charge on any atom is -0.363 e. The van der Waals surface area contributed by atoms with Gasteiger partial charge in [-0.05, 0) is 66.9 Å². The molecule has 1 fully saturated rings. The maximum Gasteiger partial charge on any atom is 0.177 e. The number of rotatable bonds is 7. The van der Waals surface area contributed by atoms with E-state index in [1.165, 1.54) is 18.5 Å². The zero-order chi connectivity index (χ0) is 23.1. The number of Topliss-reactive ketones (excluding diaryl/α,β-unsaturated/α-hetero) is 1. The van der Waals surface area contributed by atoms with Crippen LogP contribution in [0.5, 0.6) is 0 Å². The lowest BCUT2D eigenvalue weighted by molar-refractivity contribution is -0.118. The highest BCUT2D eigenvalue weighted by atomic mass is 19.1. The highest BCUT2D eigenvalue weighted by Crippen LogP contribution is 2.33. The Balaban J connectivity index is 1.40. The predicted octanol–water partition coefficient (Wildman–Crippen LogP) is 3.57. The number of halogens is 1. The number of nitrogens with zero attached hydrogens (tertiary/aromatic N) is 7. The highest BCUT2D eigenvalue weighted by molar-refractivity contribution is 5.87. The van der Waals surface area contributed by atoms with Gasteiger partial charge in [-0.25, -0.2) is 14.1 Å². The molecule has 0 unspecified atom stereocenters. The van der Waals surface area contributed by atoms with Gasteiger partial charge in [-0.1, -0.05) is 0 Å². The average Bonchev–Trinajstić information content (AvgIpc) is 3.45. The van der Waals surface area contributed by atoms with Gasteiger partial charge < -0.3 is 5.32 Å². The lowest BCUT2D eigenvalue weighted by Crippen LogP contribution is -2.15. The average molecular weight is 454 g/mol. The van der Waals surface area contributed by atoms with Gasteiger partial charge in [0.25, 0.3) is 0 Å². The molecule has 0 radical (unpaired) electrons. The molecule has 1 N–H and O–H groups in total. The fourth-order valence-corrected chi connectivity index (χ4v) is 3.79. The van der Waals surface area contributed by atoms with E-state index in [2.05, 4.69) is 25.6 Å². The van der Waals surface area contributed by atoms with E-state index in [9.17, 15) is 9.18 Å². The Morgan fingerprint density at radius 2 is 1.91 bits per heavy atom. The number of hydrogen-bond acceptors (Lipinski definition) is 7. The third-order valence-electron chi connectivity index (χ3n) is 5.76. The van der Waals surface area contributed by atoms with Crippen molar-refractivity contribution in [2.45, 2.75) is 12.8 Å². The molecule has 0 spiro atoms. The summed E-state index contributed by atoms with van der Waals surface area (Å²) >= 11 is 0. The van der Waals surface area contributed by atoms with Crippen molar-refractivity contribution in [3.8, 4) is 28.2 Å². The summed E-state index contributed by atoms with van der Waals surface area (Å²) in [6.45, 7) is 0.258. The third-order valence-corrected chi connectivity index (χ3v) is 5.76. The van der Waals surface area contributed by atoms with Crippen molar-refractivity contribution in [3.63, 3.8) is 0 Å². The van der Waals surface area contributed by atoms with Crippen LogP contribution < -0.4 is 5.32 Å². The molecule has 6 rings (SSSR count). The van der Waals surface area contributed by atoms with Gasteiger partial charge in [-0.2, -0.15) is 9.61 Å². The molecule has 0 amide bonds. The maximum atomic E-state index is 13.6. The lowest BCUT2D eigenvalue weighted by atomic mass is 10.0. The van der Waals surface area contributed by atoms with E-state index in [4.69, 9.17) is 5.10 Å². The van der Waals surface area contributed by atoms with Crippen molar-refractivity contribution in [2.24, 2.45) is 5.92 Å². The van der Waals surface area contributed by atoms with E-state index in [0.717, 1.165) is 29.5 Å². The molecule has 1 saturated carbocycles. The van der Waals surface area contributed by atoms with Crippen molar-refractivity contribution in [1.29, 1.82) is 0 Å². The number of benzene rings is 1. The van der Waals surface area contributed by atoms with E-state index >= 15 is 0 Å². The van der Waals surface area contributed by atoms with Crippen molar-refractivity contribution in [3.05, 3.63) is 73.1 Å². The van der Waals surface area contributed by atoms with Crippen molar-refractivity contribution in [1.82, 2.24) is 34.6 Å². The third kappa shape index (κ3) is 3.90. The first-order valence-corrected chi connectivity index (χ1v) is 10.9. The maximum absolute atomic E-state index is 13.6. The number of ketones is 1. The summed E-state index contributed by atoms with van der Waals surface area (Å²) in [6, 6.07) is 13.6. The molecule has 4 aromatic heterocycles. The standard InChI is InChI=1S/C24H19FN8O/c25-18-5-3-16(4-6-18)24-19(13-32(31-24)23-8-7-22-29-28-14-33(22)30-23)17-9-10-26-21(11-17)27-12-20(34)15-1-2-15/h3-11,13-15H,1-2,12H2,(H,26,27). The Morgan fingerprint density at radius 1 is 1.06 bits per heavy atom. The van der Waals surface area contributed by atoms with Crippen molar-refractivity contribution < 1.29 is 9.18 Å². The summed E-state index contributed by atoms with van der Waals surface area (Å²) in [5.41, 5.74) is 3.72. The minimum atomic E-state index is -0.319. The normalized spacial score (nSPS) is 13.3.